The van der Waals surface area contributed by atoms with E-state index in [4.69, 9.17) is 0 Å². The normalized spacial score (nSPS) is 22.0. The number of hydrazine groups is 1. The van der Waals surface area contributed by atoms with Gasteiger partial charge in [-0.2, -0.15) is 0 Å². The lowest BCUT2D eigenvalue weighted by atomic mass is 10.1. The fraction of sp³-hybridized carbons (Fsp3) is 0.381. The summed E-state index contributed by atoms with van der Waals surface area (Å²) in [6.45, 7) is 1.88. The number of carbonyl (C=O) groups is 2. The third kappa shape index (κ3) is 4.44. The molecule has 2 amide bonds. The first kappa shape index (κ1) is 19.5. The Morgan fingerprint density at radius 2 is 1.72 bits per heavy atom. The van der Waals surface area contributed by atoms with Gasteiger partial charge in [0.2, 0.25) is 11.8 Å². The molecule has 0 bridgehead atoms. The van der Waals surface area contributed by atoms with Crippen LogP contribution in [0.2, 0.25) is 0 Å². The second kappa shape index (κ2) is 8.67. The van der Waals surface area contributed by atoms with Gasteiger partial charge in [0, 0.05) is 32.4 Å². The molecule has 2 atom stereocenters. The number of hydrogen-bond donors (Lipinski definition) is 2. The third-order valence-electron chi connectivity index (χ3n) is 5.49. The van der Waals surface area contributed by atoms with Crippen LogP contribution in [-0.2, 0) is 16.0 Å². The maximum atomic E-state index is 13.8. The van der Waals surface area contributed by atoms with Crippen molar-refractivity contribution in [1.82, 2.24) is 25.6 Å². The molecule has 7 nitrogen and oxygen atoms in total. The Bertz CT molecular complexity index is 870. The van der Waals surface area contributed by atoms with Crippen LogP contribution in [0.4, 0.5) is 4.39 Å². The van der Waals surface area contributed by atoms with E-state index in [0.29, 0.717) is 38.2 Å². The van der Waals surface area contributed by atoms with Gasteiger partial charge in [0.25, 0.3) is 0 Å². The molecule has 2 unspecified atom stereocenters. The van der Waals surface area contributed by atoms with Crippen molar-refractivity contribution in [1.29, 1.82) is 0 Å². The van der Waals surface area contributed by atoms with E-state index < -0.39 is 0 Å². The summed E-state index contributed by atoms with van der Waals surface area (Å²) in [5, 5.41) is 0. The Balaban J connectivity index is 1.28. The fourth-order valence-corrected chi connectivity index (χ4v) is 3.81. The number of piperazine rings is 1. The molecule has 1 aromatic carbocycles. The standard InChI is InChI=1S/C21H24FN5O2/c22-16-6-2-1-5-15(16)13-20(28)26-9-11-27(12-10-26)21(29)19-14-18(24-25-19)17-7-3-4-8-23-17/h1-8,18-19,24-25H,9-14H2. The van der Waals surface area contributed by atoms with E-state index in [9.17, 15) is 14.0 Å². The zero-order chi connectivity index (χ0) is 20.2. The van der Waals surface area contributed by atoms with Crippen LogP contribution in [0.25, 0.3) is 0 Å². The largest absolute Gasteiger partial charge is 0.339 e. The lowest BCUT2D eigenvalue weighted by Crippen LogP contribution is -2.55. The highest BCUT2D eigenvalue weighted by atomic mass is 19.1. The minimum absolute atomic E-state index is 0.00575. The van der Waals surface area contributed by atoms with Gasteiger partial charge < -0.3 is 9.80 Å². The molecule has 2 fully saturated rings. The molecule has 8 heteroatoms. The minimum atomic E-state index is -0.364. The molecular weight excluding hydrogens is 373 g/mol. The van der Waals surface area contributed by atoms with Crippen molar-refractivity contribution < 1.29 is 14.0 Å². The maximum Gasteiger partial charge on any atom is 0.241 e. The van der Waals surface area contributed by atoms with Crippen molar-refractivity contribution in [3.8, 4) is 0 Å². The van der Waals surface area contributed by atoms with Gasteiger partial charge in [-0.3, -0.25) is 14.6 Å². The van der Waals surface area contributed by atoms with Crippen LogP contribution in [0.1, 0.15) is 23.7 Å². The van der Waals surface area contributed by atoms with Crippen molar-refractivity contribution in [3.05, 3.63) is 65.7 Å². The smallest absolute Gasteiger partial charge is 0.241 e. The van der Waals surface area contributed by atoms with Gasteiger partial charge in [-0.25, -0.2) is 15.2 Å². The minimum Gasteiger partial charge on any atom is -0.339 e. The highest BCUT2D eigenvalue weighted by molar-refractivity contribution is 5.83. The van der Waals surface area contributed by atoms with E-state index in [2.05, 4.69) is 15.8 Å². The van der Waals surface area contributed by atoms with Gasteiger partial charge in [-0.05, 0) is 30.2 Å². The second-order valence-corrected chi connectivity index (χ2v) is 7.36. The Morgan fingerprint density at radius 1 is 1.00 bits per heavy atom. The van der Waals surface area contributed by atoms with E-state index in [1.165, 1.54) is 6.07 Å². The molecule has 4 rings (SSSR count). The summed E-state index contributed by atoms with van der Waals surface area (Å²) in [5.41, 5.74) is 7.52. The van der Waals surface area contributed by atoms with Crippen LogP contribution >= 0.6 is 0 Å². The Hall–Kier alpha value is -2.84. The third-order valence-corrected chi connectivity index (χ3v) is 5.49. The topological polar surface area (TPSA) is 77.6 Å². The quantitative estimate of drug-likeness (QED) is 0.806. The molecule has 2 N–H and O–H groups in total. The number of hydrogen-bond acceptors (Lipinski definition) is 5. The monoisotopic (exact) mass is 397 g/mol. The second-order valence-electron chi connectivity index (χ2n) is 7.36. The number of aromatic nitrogens is 1. The Labute approximate surface area is 168 Å². The summed E-state index contributed by atoms with van der Waals surface area (Å²) in [6.07, 6.45) is 2.41. The maximum absolute atomic E-state index is 13.8. The first-order valence-electron chi connectivity index (χ1n) is 9.84. The van der Waals surface area contributed by atoms with Crippen LogP contribution in [0, 0.1) is 5.82 Å². The summed E-state index contributed by atoms with van der Waals surface area (Å²) >= 11 is 0. The van der Waals surface area contributed by atoms with Crippen molar-refractivity contribution in [3.63, 3.8) is 0 Å². The number of nitrogens with zero attached hydrogens (tertiary/aromatic N) is 3. The molecule has 2 aliphatic rings. The number of rotatable bonds is 4. The van der Waals surface area contributed by atoms with Gasteiger partial charge in [-0.15, -0.1) is 0 Å². The lowest BCUT2D eigenvalue weighted by molar-refractivity contribution is -0.140. The average Bonchev–Trinajstić information content (AvgIpc) is 3.26. The highest BCUT2D eigenvalue weighted by Crippen LogP contribution is 2.21. The molecule has 152 valence electrons. The molecule has 2 aromatic rings. The Morgan fingerprint density at radius 3 is 2.45 bits per heavy atom. The molecule has 0 spiro atoms. The number of nitrogens with one attached hydrogen (secondary N) is 2. The number of carbonyl (C=O) groups excluding carboxylic acids is 2. The Kier molecular flexibility index (Phi) is 5.82. The molecule has 0 radical (unpaired) electrons. The van der Waals surface area contributed by atoms with E-state index in [-0.39, 0.29) is 36.1 Å². The molecule has 29 heavy (non-hydrogen) atoms. The zero-order valence-electron chi connectivity index (χ0n) is 16.1. The number of halogens is 1. The van der Waals surface area contributed by atoms with Crippen LogP contribution in [0.3, 0.4) is 0 Å². The fourth-order valence-electron chi connectivity index (χ4n) is 3.81. The van der Waals surface area contributed by atoms with E-state index in [1.807, 2.05) is 18.2 Å². The SMILES string of the molecule is O=C(Cc1ccccc1F)N1CCN(C(=O)C2CC(c3ccccn3)NN2)CC1. The predicted octanol–water partition coefficient (Wildman–Crippen LogP) is 1.04. The van der Waals surface area contributed by atoms with Gasteiger partial charge >= 0.3 is 0 Å². The first-order chi connectivity index (χ1) is 14.1. The molecular formula is C21H24FN5O2. The lowest BCUT2D eigenvalue weighted by Gasteiger charge is -2.36. The van der Waals surface area contributed by atoms with Crippen molar-refractivity contribution in [2.45, 2.75) is 24.9 Å². The summed E-state index contributed by atoms with van der Waals surface area (Å²) in [4.78, 5) is 33.1. The molecule has 2 aliphatic heterocycles. The van der Waals surface area contributed by atoms with Crippen LogP contribution in [0.5, 0.6) is 0 Å². The van der Waals surface area contributed by atoms with Crippen LogP contribution in [0.15, 0.2) is 48.7 Å². The molecule has 3 heterocycles. The van der Waals surface area contributed by atoms with Crippen molar-refractivity contribution in [2.75, 3.05) is 26.2 Å². The molecule has 0 saturated carbocycles. The van der Waals surface area contributed by atoms with Crippen LogP contribution < -0.4 is 10.9 Å². The van der Waals surface area contributed by atoms with Gasteiger partial charge in [0.15, 0.2) is 0 Å². The van der Waals surface area contributed by atoms with Crippen molar-refractivity contribution >= 4 is 11.8 Å². The van der Waals surface area contributed by atoms with E-state index in [0.717, 1.165) is 5.69 Å². The summed E-state index contributed by atoms with van der Waals surface area (Å²) < 4.78 is 13.8. The zero-order valence-corrected chi connectivity index (χ0v) is 16.1. The molecule has 0 aliphatic carbocycles. The van der Waals surface area contributed by atoms with Gasteiger partial charge in [-0.1, -0.05) is 24.3 Å². The summed E-state index contributed by atoms with van der Waals surface area (Å²) in [6, 6.07) is 11.7. The molecule has 2 saturated heterocycles. The number of pyridine rings is 1. The van der Waals surface area contributed by atoms with Crippen LogP contribution in [-0.4, -0.2) is 58.8 Å². The summed E-state index contributed by atoms with van der Waals surface area (Å²) in [7, 11) is 0. The highest BCUT2D eigenvalue weighted by Gasteiger charge is 2.35. The predicted molar refractivity (Wildman–Crippen MR) is 105 cm³/mol. The van der Waals surface area contributed by atoms with Gasteiger partial charge in [0.1, 0.15) is 11.9 Å². The number of benzene rings is 1. The number of amides is 2. The van der Waals surface area contributed by atoms with E-state index in [1.54, 1.807) is 34.2 Å². The van der Waals surface area contributed by atoms with E-state index >= 15 is 0 Å². The summed E-state index contributed by atoms with van der Waals surface area (Å²) in [5.74, 6) is -0.452. The average molecular weight is 397 g/mol. The van der Waals surface area contributed by atoms with Crippen molar-refractivity contribution in [2.24, 2.45) is 0 Å². The first-order valence-corrected chi connectivity index (χ1v) is 9.84. The molecule has 1 aromatic heterocycles. The van der Waals surface area contributed by atoms with Gasteiger partial charge in [0.05, 0.1) is 18.2 Å².